The van der Waals surface area contributed by atoms with E-state index < -0.39 is 10.0 Å². The molecule has 3 rings (SSSR count). The number of morpholine rings is 1. The van der Waals surface area contributed by atoms with Crippen molar-refractivity contribution in [3.8, 4) is 0 Å². The third kappa shape index (κ3) is 9.46. The normalized spacial score (nSPS) is 17.8. The van der Waals surface area contributed by atoms with Crippen LogP contribution in [0.2, 0.25) is 0 Å². The number of unbranched alkanes of at least 4 members (excludes halogenated alkanes) is 2. The molecule has 0 spiro atoms. The summed E-state index contributed by atoms with van der Waals surface area (Å²) in [6.07, 6.45) is 9.17. The minimum atomic E-state index is -3.49. The molecule has 1 saturated carbocycles. The standard InChI is InChI=1S/C23H39N5O5S/c29-23(26-20-21-7-6-10-24-19-21)25-11-4-1-5-18-34(30,31)28(22-8-2-3-9-22)33-17-14-27-12-15-32-16-13-27/h6-7,10,19,22H,1-5,8-9,11-18,20H2,(H2,25,26,29). The zero-order valence-corrected chi connectivity index (χ0v) is 20.8. The van der Waals surface area contributed by atoms with Gasteiger partial charge in [0.2, 0.25) is 10.0 Å². The number of hydrogen-bond donors (Lipinski definition) is 2. The van der Waals surface area contributed by atoms with E-state index in [1.165, 1.54) is 4.47 Å². The molecular formula is C23H39N5O5S. The number of aromatic nitrogens is 1. The Morgan fingerprint density at radius 2 is 1.97 bits per heavy atom. The lowest BCUT2D eigenvalue weighted by atomic mass is 10.2. The number of pyridine rings is 1. The van der Waals surface area contributed by atoms with Crippen LogP contribution in [0.5, 0.6) is 0 Å². The number of sulfonamides is 1. The molecule has 0 radical (unpaired) electrons. The van der Waals surface area contributed by atoms with Crippen LogP contribution < -0.4 is 10.6 Å². The first-order valence-electron chi connectivity index (χ1n) is 12.4. The van der Waals surface area contributed by atoms with Gasteiger partial charge in [-0.15, -0.1) is 0 Å². The molecule has 10 nitrogen and oxygen atoms in total. The van der Waals surface area contributed by atoms with Crippen LogP contribution >= 0.6 is 0 Å². The van der Waals surface area contributed by atoms with E-state index in [1.54, 1.807) is 12.4 Å². The van der Waals surface area contributed by atoms with Crippen LogP contribution in [-0.2, 0) is 26.1 Å². The Kier molecular flexibility index (Phi) is 11.5. The molecule has 0 bridgehead atoms. The van der Waals surface area contributed by atoms with E-state index in [1.807, 2.05) is 12.1 Å². The van der Waals surface area contributed by atoms with Crippen molar-refractivity contribution >= 4 is 16.1 Å². The number of rotatable bonds is 14. The summed E-state index contributed by atoms with van der Waals surface area (Å²) in [5, 5.41) is 5.59. The van der Waals surface area contributed by atoms with Gasteiger partial charge in [0.1, 0.15) is 0 Å². The van der Waals surface area contributed by atoms with Crippen LogP contribution in [0.15, 0.2) is 24.5 Å². The lowest BCUT2D eigenvalue weighted by Gasteiger charge is -2.30. The molecule has 192 valence electrons. The fraction of sp³-hybridized carbons (Fsp3) is 0.739. The number of carbonyl (C=O) groups excluding carboxylic acids is 1. The van der Waals surface area contributed by atoms with Gasteiger partial charge in [-0.1, -0.05) is 29.8 Å². The Bertz CT molecular complexity index is 814. The third-order valence-electron chi connectivity index (χ3n) is 6.17. The number of carbonyl (C=O) groups is 1. The van der Waals surface area contributed by atoms with E-state index in [-0.39, 0.29) is 17.8 Å². The number of hydroxylamine groups is 1. The summed E-state index contributed by atoms with van der Waals surface area (Å²) >= 11 is 0. The molecule has 0 unspecified atom stereocenters. The topological polar surface area (TPSA) is 113 Å². The maximum absolute atomic E-state index is 13.0. The van der Waals surface area contributed by atoms with Crippen LogP contribution in [0.25, 0.3) is 0 Å². The average Bonchev–Trinajstić information content (AvgIpc) is 3.38. The number of nitrogens with one attached hydrogen (secondary N) is 2. The van der Waals surface area contributed by atoms with Gasteiger partial charge in [-0.2, -0.15) is 0 Å². The van der Waals surface area contributed by atoms with Crippen LogP contribution in [-0.4, -0.2) is 86.6 Å². The van der Waals surface area contributed by atoms with Gasteiger partial charge in [0.15, 0.2) is 0 Å². The molecule has 1 aliphatic carbocycles. The Balaban J connectivity index is 1.32. The van der Waals surface area contributed by atoms with E-state index in [0.29, 0.717) is 52.3 Å². The van der Waals surface area contributed by atoms with E-state index in [9.17, 15) is 13.2 Å². The number of nitrogens with zero attached hydrogens (tertiary/aromatic N) is 3. The molecule has 1 aromatic rings. The largest absolute Gasteiger partial charge is 0.379 e. The maximum atomic E-state index is 13.0. The van der Waals surface area contributed by atoms with E-state index in [2.05, 4.69) is 20.5 Å². The average molecular weight is 498 g/mol. The van der Waals surface area contributed by atoms with Crippen molar-refractivity contribution in [2.45, 2.75) is 57.5 Å². The predicted octanol–water partition coefficient (Wildman–Crippen LogP) is 1.89. The molecule has 0 atom stereocenters. The molecule has 2 heterocycles. The second-order valence-corrected chi connectivity index (χ2v) is 10.8. The summed E-state index contributed by atoms with van der Waals surface area (Å²) in [5.74, 6) is 0.0637. The number of amides is 2. The van der Waals surface area contributed by atoms with Crippen molar-refractivity contribution in [3.05, 3.63) is 30.1 Å². The number of ether oxygens (including phenoxy) is 1. The fourth-order valence-corrected chi connectivity index (χ4v) is 5.89. The smallest absolute Gasteiger partial charge is 0.315 e. The van der Waals surface area contributed by atoms with E-state index in [0.717, 1.165) is 50.8 Å². The number of hydrogen-bond acceptors (Lipinski definition) is 7. The molecule has 2 fully saturated rings. The molecule has 11 heteroatoms. The van der Waals surface area contributed by atoms with Crippen molar-refractivity contribution in [1.29, 1.82) is 0 Å². The summed E-state index contributed by atoms with van der Waals surface area (Å²) in [6.45, 7) is 5.13. The van der Waals surface area contributed by atoms with Gasteiger partial charge in [0.05, 0.1) is 31.6 Å². The molecule has 0 aromatic carbocycles. The lowest BCUT2D eigenvalue weighted by molar-refractivity contribution is -0.118. The van der Waals surface area contributed by atoms with Crippen LogP contribution in [0.3, 0.4) is 0 Å². The zero-order chi connectivity index (χ0) is 24.1. The SMILES string of the molecule is O=C(NCCCCCS(=O)(=O)N(OCCN1CCOCC1)C1CCCC1)NCc1cccnc1. The van der Waals surface area contributed by atoms with Crippen LogP contribution in [0.1, 0.15) is 50.5 Å². The molecule has 1 aromatic heterocycles. The Labute approximate surface area is 203 Å². The summed E-state index contributed by atoms with van der Waals surface area (Å²) in [7, 11) is -3.49. The Morgan fingerprint density at radius 3 is 2.71 bits per heavy atom. The monoisotopic (exact) mass is 497 g/mol. The quantitative estimate of drug-likeness (QED) is 0.298. The molecule has 2 aliphatic rings. The van der Waals surface area contributed by atoms with E-state index in [4.69, 9.17) is 9.57 Å². The summed E-state index contributed by atoms with van der Waals surface area (Å²) in [4.78, 5) is 24.0. The van der Waals surface area contributed by atoms with E-state index >= 15 is 0 Å². The Hall–Kier alpha value is -1.79. The highest BCUT2D eigenvalue weighted by atomic mass is 32.2. The number of urea groups is 1. The maximum Gasteiger partial charge on any atom is 0.315 e. The van der Waals surface area contributed by atoms with Gasteiger partial charge in [0, 0.05) is 45.1 Å². The van der Waals surface area contributed by atoms with Crippen LogP contribution in [0.4, 0.5) is 4.79 Å². The van der Waals surface area contributed by atoms with Crippen molar-refractivity contribution in [3.63, 3.8) is 0 Å². The first-order valence-corrected chi connectivity index (χ1v) is 14.0. The second-order valence-electron chi connectivity index (χ2n) is 8.83. The minimum absolute atomic E-state index is 0.0557. The highest BCUT2D eigenvalue weighted by molar-refractivity contribution is 7.88. The van der Waals surface area contributed by atoms with Crippen LogP contribution in [0, 0.1) is 0 Å². The second kappa shape index (κ2) is 14.6. The highest BCUT2D eigenvalue weighted by Gasteiger charge is 2.33. The zero-order valence-electron chi connectivity index (χ0n) is 20.0. The molecule has 34 heavy (non-hydrogen) atoms. The lowest BCUT2D eigenvalue weighted by Crippen LogP contribution is -2.43. The first kappa shape index (κ1) is 26.8. The summed E-state index contributed by atoms with van der Waals surface area (Å²) < 4.78 is 32.8. The predicted molar refractivity (Wildman–Crippen MR) is 129 cm³/mol. The van der Waals surface area contributed by atoms with Gasteiger partial charge in [-0.3, -0.25) is 14.7 Å². The van der Waals surface area contributed by atoms with Gasteiger partial charge in [-0.25, -0.2) is 13.2 Å². The Morgan fingerprint density at radius 1 is 1.18 bits per heavy atom. The van der Waals surface area contributed by atoms with Crippen molar-refractivity contribution in [2.75, 3.05) is 51.8 Å². The fourth-order valence-electron chi connectivity index (χ4n) is 4.24. The third-order valence-corrected chi connectivity index (χ3v) is 7.92. The van der Waals surface area contributed by atoms with Crippen molar-refractivity contribution in [1.82, 2.24) is 25.0 Å². The molecule has 1 aliphatic heterocycles. The minimum Gasteiger partial charge on any atom is -0.379 e. The summed E-state index contributed by atoms with van der Waals surface area (Å²) in [6, 6.07) is 3.43. The van der Waals surface area contributed by atoms with Crippen molar-refractivity contribution < 1.29 is 22.8 Å². The first-order chi connectivity index (χ1) is 16.5. The molecule has 2 amide bonds. The van der Waals surface area contributed by atoms with Gasteiger partial charge < -0.3 is 15.4 Å². The highest BCUT2D eigenvalue weighted by Crippen LogP contribution is 2.26. The molecule has 1 saturated heterocycles. The van der Waals surface area contributed by atoms with Gasteiger partial charge >= 0.3 is 6.03 Å². The molecular weight excluding hydrogens is 458 g/mol. The van der Waals surface area contributed by atoms with Crippen molar-refractivity contribution in [2.24, 2.45) is 0 Å². The van der Waals surface area contributed by atoms with Gasteiger partial charge in [-0.05, 0) is 37.3 Å². The van der Waals surface area contributed by atoms with Gasteiger partial charge in [0.25, 0.3) is 0 Å². The molecule has 2 N–H and O–H groups in total. The summed E-state index contributed by atoms with van der Waals surface area (Å²) in [5.41, 5.74) is 0.932.